The molecule has 0 saturated carbocycles. The maximum absolute atomic E-state index is 12.4. The average molecular weight is 322 g/mol. The van der Waals surface area contributed by atoms with Gasteiger partial charge in [-0.15, -0.1) is 0 Å². The van der Waals surface area contributed by atoms with Crippen molar-refractivity contribution in [1.29, 1.82) is 0 Å². The third-order valence-corrected chi connectivity index (χ3v) is 3.67. The van der Waals surface area contributed by atoms with Crippen LogP contribution in [0.3, 0.4) is 0 Å². The number of carbonyl (C=O) groups is 1. The summed E-state index contributed by atoms with van der Waals surface area (Å²) in [5, 5.41) is 20.8. The minimum Gasteiger partial charge on any atom is -0.345 e. The number of anilines is 1. The number of aromatic nitrogens is 4. The van der Waals surface area contributed by atoms with Gasteiger partial charge in [0, 0.05) is 17.7 Å². The number of carbonyl (C=O) groups excluding carboxylic acids is 1. The standard InChI is InChI=1S/C15H10N6O3/c22-15(8-1-3-12-13(5-8)17-7-16-12)18-14-10-6-9(21(23)24)2-4-11(10)19-20-14/h1-7H,(H,16,17)(H2,18,19,20,22). The molecule has 0 aliphatic rings. The minimum absolute atomic E-state index is 0.0710. The highest BCUT2D eigenvalue weighted by atomic mass is 16.6. The second-order valence-electron chi connectivity index (χ2n) is 5.15. The first kappa shape index (κ1) is 13.9. The Kier molecular flexibility index (Phi) is 2.98. The molecule has 9 heteroatoms. The molecule has 2 heterocycles. The van der Waals surface area contributed by atoms with Crippen LogP contribution in [0.1, 0.15) is 10.4 Å². The summed E-state index contributed by atoms with van der Waals surface area (Å²) in [4.78, 5) is 29.8. The van der Waals surface area contributed by atoms with Crippen LogP contribution in [0.25, 0.3) is 21.9 Å². The predicted octanol–water partition coefficient (Wildman–Crippen LogP) is 2.60. The Hall–Kier alpha value is -3.75. The smallest absolute Gasteiger partial charge is 0.270 e. The Labute approximate surface area is 133 Å². The van der Waals surface area contributed by atoms with Gasteiger partial charge in [0.15, 0.2) is 5.82 Å². The third-order valence-electron chi connectivity index (χ3n) is 3.67. The molecule has 9 nitrogen and oxygen atoms in total. The molecular formula is C15H10N6O3. The van der Waals surface area contributed by atoms with Crippen LogP contribution in [0.2, 0.25) is 0 Å². The fourth-order valence-electron chi connectivity index (χ4n) is 2.47. The summed E-state index contributed by atoms with van der Waals surface area (Å²) in [5.74, 6) is -0.130. The Morgan fingerprint density at radius 3 is 2.88 bits per heavy atom. The molecule has 0 saturated heterocycles. The van der Waals surface area contributed by atoms with Gasteiger partial charge in [0.05, 0.1) is 33.2 Å². The van der Waals surface area contributed by atoms with Gasteiger partial charge in [-0.25, -0.2) is 4.98 Å². The molecule has 0 aliphatic heterocycles. The van der Waals surface area contributed by atoms with E-state index in [9.17, 15) is 14.9 Å². The number of fused-ring (bicyclic) bond motifs is 2. The number of aromatic amines is 2. The number of rotatable bonds is 3. The number of nitro groups is 1. The van der Waals surface area contributed by atoms with Gasteiger partial charge in [0.2, 0.25) is 0 Å². The van der Waals surface area contributed by atoms with Crippen molar-refractivity contribution in [2.75, 3.05) is 5.32 Å². The predicted molar refractivity (Wildman–Crippen MR) is 86.8 cm³/mol. The highest BCUT2D eigenvalue weighted by molar-refractivity contribution is 6.09. The first-order valence-corrected chi connectivity index (χ1v) is 6.99. The maximum atomic E-state index is 12.4. The van der Waals surface area contributed by atoms with Crippen LogP contribution < -0.4 is 5.32 Å². The van der Waals surface area contributed by atoms with Crippen LogP contribution in [-0.4, -0.2) is 31.0 Å². The number of amides is 1. The number of hydrogen-bond acceptors (Lipinski definition) is 5. The van der Waals surface area contributed by atoms with Crippen molar-refractivity contribution in [2.45, 2.75) is 0 Å². The summed E-state index contributed by atoms with van der Waals surface area (Å²) in [6, 6.07) is 9.34. The van der Waals surface area contributed by atoms with E-state index >= 15 is 0 Å². The van der Waals surface area contributed by atoms with Crippen LogP contribution in [0, 0.1) is 10.1 Å². The van der Waals surface area contributed by atoms with Gasteiger partial charge in [0.1, 0.15) is 0 Å². The summed E-state index contributed by atoms with van der Waals surface area (Å²) < 4.78 is 0. The number of non-ortho nitro benzene ring substituents is 1. The lowest BCUT2D eigenvalue weighted by atomic mass is 10.2. The van der Waals surface area contributed by atoms with Crippen molar-refractivity contribution in [2.24, 2.45) is 0 Å². The molecule has 0 fully saturated rings. The summed E-state index contributed by atoms with van der Waals surface area (Å²) >= 11 is 0. The topological polar surface area (TPSA) is 130 Å². The maximum Gasteiger partial charge on any atom is 0.270 e. The quantitative estimate of drug-likeness (QED) is 0.394. The van der Waals surface area contributed by atoms with Crippen molar-refractivity contribution >= 4 is 39.3 Å². The van der Waals surface area contributed by atoms with E-state index in [0.29, 0.717) is 16.5 Å². The SMILES string of the molecule is O=C(Nc1n[nH]c2ccc([N+](=O)[O-])cc12)c1ccc2nc[nH]c2c1. The molecule has 2 aromatic heterocycles. The molecule has 4 aromatic rings. The van der Waals surface area contributed by atoms with Gasteiger partial charge in [-0.05, 0) is 24.3 Å². The largest absolute Gasteiger partial charge is 0.345 e. The van der Waals surface area contributed by atoms with E-state index in [2.05, 4.69) is 25.5 Å². The van der Waals surface area contributed by atoms with Crippen molar-refractivity contribution in [1.82, 2.24) is 20.2 Å². The van der Waals surface area contributed by atoms with Crippen LogP contribution >= 0.6 is 0 Å². The highest BCUT2D eigenvalue weighted by Gasteiger charge is 2.15. The Balaban J connectivity index is 1.68. The normalized spacial score (nSPS) is 11.0. The number of H-pyrrole nitrogens is 2. The van der Waals surface area contributed by atoms with Crippen molar-refractivity contribution < 1.29 is 9.72 Å². The fraction of sp³-hybridized carbons (Fsp3) is 0. The molecule has 0 atom stereocenters. The lowest BCUT2D eigenvalue weighted by Gasteiger charge is -2.03. The van der Waals surface area contributed by atoms with E-state index in [1.165, 1.54) is 12.1 Å². The second-order valence-corrected chi connectivity index (χ2v) is 5.15. The van der Waals surface area contributed by atoms with E-state index in [4.69, 9.17) is 0 Å². The molecule has 0 bridgehead atoms. The molecule has 0 spiro atoms. The van der Waals surface area contributed by atoms with Gasteiger partial charge in [-0.1, -0.05) is 0 Å². The summed E-state index contributed by atoms with van der Waals surface area (Å²) in [7, 11) is 0. The first-order chi connectivity index (χ1) is 11.6. The van der Waals surface area contributed by atoms with Gasteiger partial charge < -0.3 is 10.3 Å². The second kappa shape index (κ2) is 5.16. The zero-order chi connectivity index (χ0) is 16.7. The molecule has 0 radical (unpaired) electrons. The molecule has 4 rings (SSSR count). The number of imidazole rings is 1. The lowest BCUT2D eigenvalue weighted by Crippen LogP contribution is -2.12. The van der Waals surface area contributed by atoms with Crippen LogP contribution in [0.4, 0.5) is 11.5 Å². The van der Waals surface area contributed by atoms with Crippen molar-refractivity contribution in [3.05, 3.63) is 58.4 Å². The minimum atomic E-state index is -0.496. The van der Waals surface area contributed by atoms with Crippen molar-refractivity contribution in [3.8, 4) is 0 Å². The summed E-state index contributed by atoms with van der Waals surface area (Å²) in [5.41, 5.74) is 2.45. The highest BCUT2D eigenvalue weighted by Crippen LogP contribution is 2.25. The molecule has 2 aromatic carbocycles. The summed E-state index contributed by atoms with van der Waals surface area (Å²) in [6.07, 6.45) is 1.55. The zero-order valence-electron chi connectivity index (χ0n) is 12.1. The molecule has 0 unspecified atom stereocenters. The number of nitrogens with one attached hydrogen (secondary N) is 3. The molecule has 0 aliphatic carbocycles. The number of nitro benzene ring substituents is 1. The number of benzene rings is 2. The van der Waals surface area contributed by atoms with E-state index < -0.39 is 4.92 Å². The Morgan fingerprint density at radius 1 is 1.17 bits per heavy atom. The average Bonchev–Trinajstić information content (AvgIpc) is 3.20. The summed E-state index contributed by atoms with van der Waals surface area (Å²) in [6.45, 7) is 0. The number of hydrogen-bond donors (Lipinski definition) is 3. The van der Waals surface area contributed by atoms with Crippen LogP contribution in [-0.2, 0) is 0 Å². The number of nitrogens with zero attached hydrogens (tertiary/aromatic N) is 3. The Morgan fingerprint density at radius 2 is 2.04 bits per heavy atom. The van der Waals surface area contributed by atoms with Gasteiger partial charge in [-0.2, -0.15) is 5.10 Å². The van der Waals surface area contributed by atoms with Gasteiger partial charge in [0.25, 0.3) is 11.6 Å². The van der Waals surface area contributed by atoms with E-state index in [-0.39, 0.29) is 17.4 Å². The third kappa shape index (κ3) is 2.24. The van der Waals surface area contributed by atoms with E-state index in [1.54, 1.807) is 30.6 Å². The molecular weight excluding hydrogens is 312 g/mol. The molecule has 24 heavy (non-hydrogen) atoms. The fourth-order valence-corrected chi connectivity index (χ4v) is 2.47. The van der Waals surface area contributed by atoms with Crippen LogP contribution in [0.15, 0.2) is 42.7 Å². The molecule has 3 N–H and O–H groups in total. The van der Waals surface area contributed by atoms with Crippen LogP contribution in [0.5, 0.6) is 0 Å². The monoisotopic (exact) mass is 322 g/mol. The van der Waals surface area contributed by atoms with Gasteiger partial charge >= 0.3 is 0 Å². The lowest BCUT2D eigenvalue weighted by molar-refractivity contribution is -0.384. The van der Waals surface area contributed by atoms with E-state index in [0.717, 1.165) is 11.0 Å². The zero-order valence-corrected chi connectivity index (χ0v) is 12.1. The Bertz CT molecular complexity index is 1100. The first-order valence-electron chi connectivity index (χ1n) is 6.99. The van der Waals surface area contributed by atoms with Crippen molar-refractivity contribution in [3.63, 3.8) is 0 Å². The van der Waals surface area contributed by atoms with E-state index in [1.807, 2.05) is 0 Å². The molecule has 118 valence electrons. The molecule has 1 amide bonds. The van der Waals surface area contributed by atoms with Gasteiger partial charge in [-0.3, -0.25) is 20.0 Å².